The lowest BCUT2D eigenvalue weighted by molar-refractivity contribution is -0.150. The Kier molecular flexibility index (Phi) is 5.06. The van der Waals surface area contributed by atoms with Gasteiger partial charge in [0.05, 0.1) is 19.1 Å². The van der Waals surface area contributed by atoms with Crippen molar-refractivity contribution in [2.45, 2.75) is 38.0 Å². The van der Waals surface area contributed by atoms with Gasteiger partial charge in [0.1, 0.15) is 11.2 Å². The van der Waals surface area contributed by atoms with Gasteiger partial charge in [-0.25, -0.2) is 0 Å². The first-order valence-electron chi connectivity index (χ1n) is 6.65. The number of hydrogen-bond donors (Lipinski definition) is 0. The predicted molar refractivity (Wildman–Crippen MR) is 69.3 cm³/mol. The maximum Gasteiger partial charge on any atom is 0.309 e. The van der Waals surface area contributed by atoms with Crippen molar-refractivity contribution in [3.05, 3.63) is 0 Å². The molecule has 18 heavy (non-hydrogen) atoms. The van der Waals surface area contributed by atoms with Crippen LogP contribution in [0.3, 0.4) is 0 Å². The maximum absolute atomic E-state index is 11.8. The van der Waals surface area contributed by atoms with Gasteiger partial charge >= 0.3 is 5.97 Å². The van der Waals surface area contributed by atoms with Crippen molar-refractivity contribution in [2.24, 2.45) is 11.8 Å². The average molecular weight is 272 g/mol. The monoisotopic (exact) mass is 272 g/mol. The van der Waals surface area contributed by atoms with E-state index in [1.54, 1.807) is 18.7 Å². The molecule has 0 radical (unpaired) electrons. The summed E-state index contributed by atoms with van der Waals surface area (Å²) < 4.78 is 10.6. The molecule has 0 N–H and O–H groups in total. The molecule has 3 unspecified atom stereocenters. The minimum absolute atomic E-state index is 0.145. The molecular formula is C13H20O4S. The zero-order valence-electron chi connectivity index (χ0n) is 10.7. The van der Waals surface area contributed by atoms with Crippen molar-refractivity contribution >= 4 is 23.5 Å². The summed E-state index contributed by atoms with van der Waals surface area (Å²) in [6.07, 6.45) is 2.78. The van der Waals surface area contributed by atoms with Crippen molar-refractivity contribution in [3.63, 3.8) is 0 Å². The molecule has 1 aliphatic heterocycles. The van der Waals surface area contributed by atoms with E-state index < -0.39 is 0 Å². The van der Waals surface area contributed by atoms with Crippen molar-refractivity contribution in [3.8, 4) is 0 Å². The zero-order chi connectivity index (χ0) is 13.0. The third-order valence-corrected chi connectivity index (χ3v) is 4.74. The molecule has 3 atom stereocenters. The van der Waals surface area contributed by atoms with Gasteiger partial charge in [-0.05, 0) is 26.2 Å². The molecule has 1 aliphatic carbocycles. The molecule has 0 aromatic carbocycles. The van der Waals surface area contributed by atoms with Crippen LogP contribution in [0.5, 0.6) is 0 Å². The quantitative estimate of drug-likeness (QED) is 0.717. The average Bonchev–Trinajstić information content (AvgIpc) is 2.96. The fourth-order valence-electron chi connectivity index (χ4n) is 2.69. The Balaban J connectivity index is 1.86. The summed E-state index contributed by atoms with van der Waals surface area (Å²) in [4.78, 5) is 23.6. The number of ether oxygens (including phenoxy) is 2. The molecule has 0 aromatic rings. The Morgan fingerprint density at radius 1 is 1.50 bits per heavy atom. The number of thioether (sulfide) groups is 1. The summed E-state index contributed by atoms with van der Waals surface area (Å²) in [7, 11) is 0. The maximum atomic E-state index is 11.8. The van der Waals surface area contributed by atoms with Crippen LogP contribution in [-0.2, 0) is 19.1 Å². The second kappa shape index (κ2) is 6.57. The van der Waals surface area contributed by atoms with Gasteiger partial charge in [-0.1, -0.05) is 0 Å². The van der Waals surface area contributed by atoms with Crippen LogP contribution in [0.4, 0.5) is 0 Å². The second-order valence-electron chi connectivity index (χ2n) is 4.72. The van der Waals surface area contributed by atoms with E-state index in [9.17, 15) is 9.59 Å². The Hall–Kier alpha value is -0.550. The largest absolute Gasteiger partial charge is 0.466 e. The van der Waals surface area contributed by atoms with E-state index >= 15 is 0 Å². The number of carbonyl (C=O) groups is 2. The first-order chi connectivity index (χ1) is 8.72. The molecule has 102 valence electrons. The van der Waals surface area contributed by atoms with Crippen LogP contribution in [-0.4, -0.2) is 36.2 Å². The van der Waals surface area contributed by atoms with Crippen molar-refractivity contribution in [2.75, 3.05) is 19.0 Å². The van der Waals surface area contributed by atoms with Crippen LogP contribution in [0.1, 0.15) is 32.6 Å². The minimum Gasteiger partial charge on any atom is -0.466 e. The first kappa shape index (κ1) is 13.9. The van der Waals surface area contributed by atoms with E-state index in [4.69, 9.17) is 9.47 Å². The predicted octanol–water partition coefficient (Wildman–Crippen LogP) is 2.01. The Labute approximate surface area is 112 Å². The third-order valence-electron chi connectivity index (χ3n) is 3.59. The molecule has 4 nitrogen and oxygen atoms in total. The van der Waals surface area contributed by atoms with Crippen LogP contribution in [0.15, 0.2) is 0 Å². The van der Waals surface area contributed by atoms with Gasteiger partial charge < -0.3 is 9.47 Å². The van der Waals surface area contributed by atoms with Gasteiger partial charge in [-0.3, -0.25) is 9.59 Å². The van der Waals surface area contributed by atoms with Gasteiger partial charge in [0.15, 0.2) is 0 Å². The molecule has 0 bridgehead atoms. The molecule has 1 saturated carbocycles. The highest BCUT2D eigenvalue weighted by molar-refractivity contribution is 7.99. The molecule has 2 fully saturated rings. The first-order valence-corrected chi connectivity index (χ1v) is 7.69. The third kappa shape index (κ3) is 3.26. The number of rotatable bonds is 5. The lowest BCUT2D eigenvalue weighted by atomic mass is 9.91. The molecule has 0 aromatic heterocycles. The van der Waals surface area contributed by atoms with E-state index in [1.807, 2.05) is 0 Å². The standard InChI is InChI=1S/C13H20O4S/c1-2-16-13(15)10-3-5-11(14)9(10)4-6-12-17-7-8-18-12/h9-10,12H,2-8H2,1H3. The second-order valence-corrected chi connectivity index (χ2v) is 5.99. The van der Waals surface area contributed by atoms with Crippen molar-refractivity contribution < 1.29 is 19.1 Å². The SMILES string of the molecule is CCOC(=O)C1CCC(=O)C1CCC1OCCS1. The summed E-state index contributed by atoms with van der Waals surface area (Å²) >= 11 is 1.80. The molecule has 1 saturated heterocycles. The minimum atomic E-state index is -0.219. The van der Waals surface area contributed by atoms with Crippen LogP contribution in [0.2, 0.25) is 0 Å². The number of hydrogen-bond acceptors (Lipinski definition) is 5. The Morgan fingerprint density at radius 2 is 2.33 bits per heavy atom. The molecular weight excluding hydrogens is 252 g/mol. The van der Waals surface area contributed by atoms with Gasteiger partial charge in [0.25, 0.3) is 0 Å². The number of Topliss-reactive ketones (excluding diaryl/α,β-unsaturated/α-hetero) is 1. The number of carbonyl (C=O) groups excluding carboxylic acids is 2. The highest BCUT2D eigenvalue weighted by Gasteiger charge is 2.40. The zero-order valence-corrected chi connectivity index (χ0v) is 11.5. The topological polar surface area (TPSA) is 52.6 Å². The van der Waals surface area contributed by atoms with Crippen LogP contribution in [0.25, 0.3) is 0 Å². The summed E-state index contributed by atoms with van der Waals surface area (Å²) in [5, 5.41) is 0. The summed E-state index contributed by atoms with van der Waals surface area (Å²) in [5.41, 5.74) is 0.209. The molecule has 2 rings (SSSR count). The lowest BCUT2D eigenvalue weighted by Crippen LogP contribution is -2.25. The summed E-state index contributed by atoms with van der Waals surface area (Å²) in [6, 6.07) is 0. The van der Waals surface area contributed by atoms with Gasteiger partial charge in [-0.15, -0.1) is 11.8 Å². The highest BCUT2D eigenvalue weighted by Crippen LogP contribution is 2.35. The van der Waals surface area contributed by atoms with Gasteiger partial charge in [0.2, 0.25) is 0 Å². The van der Waals surface area contributed by atoms with Crippen molar-refractivity contribution in [1.29, 1.82) is 0 Å². The molecule has 2 aliphatic rings. The number of ketones is 1. The van der Waals surface area contributed by atoms with Gasteiger partial charge in [-0.2, -0.15) is 0 Å². The Morgan fingerprint density at radius 3 is 3.00 bits per heavy atom. The van der Waals surface area contributed by atoms with Gasteiger partial charge in [0, 0.05) is 18.1 Å². The van der Waals surface area contributed by atoms with E-state index in [0.717, 1.165) is 25.2 Å². The fourth-order valence-corrected chi connectivity index (χ4v) is 3.64. The molecule has 0 amide bonds. The normalized spacial score (nSPS) is 31.8. The highest BCUT2D eigenvalue weighted by atomic mass is 32.2. The lowest BCUT2D eigenvalue weighted by Gasteiger charge is -2.18. The van der Waals surface area contributed by atoms with E-state index in [0.29, 0.717) is 19.4 Å². The van der Waals surface area contributed by atoms with Crippen LogP contribution >= 0.6 is 11.8 Å². The van der Waals surface area contributed by atoms with E-state index in [1.165, 1.54) is 0 Å². The summed E-state index contributed by atoms with van der Waals surface area (Å²) in [5.74, 6) is 0.687. The van der Waals surface area contributed by atoms with Crippen LogP contribution in [0, 0.1) is 11.8 Å². The molecule has 0 spiro atoms. The number of esters is 1. The summed E-state index contributed by atoms with van der Waals surface area (Å²) in [6.45, 7) is 2.99. The molecule has 1 heterocycles. The fraction of sp³-hybridized carbons (Fsp3) is 0.846. The molecule has 5 heteroatoms. The van der Waals surface area contributed by atoms with E-state index in [2.05, 4.69) is 0 Å². The smallest absolute Gasteiger partial charge is 0.309 e. The van der Waals surface area contributed by atoms with Crippen LogP contribution < -0.4 is 0 Å². The van der Waals surface area contributed by atoms with Crippen molar-refractivity contribution in [1.82, 2.24) is 0 Å². The van der Waals surface area contributed by atoms with E-state index in [-0.39, 0.29) is 29.0 Å². The Bertz CT molecular complexity index is 312.